The molecule has 0 radical (unpaired) electrons. The first kappa shape index (κ1) is 28.1. The summed E-state index contributed by atoms with van der Waals surface area (Å²) >= 11 is 0. The maximum atomic E-state index is 13.7. The van der Waals surface area contributed by atoms with Crippen LogP contribution in [0.4, 0.5) is 5.69 Å². The van der Waals surface area contributed by atoms with Gasteiger partial charge < -0.3 is 23.7 Å². The maximum absolute atomic E-state index is 13.7. The molecule has 3 aliphatic heterocycles. The smallest absolute Gasteiger partial charge is 0.355 e. The monoisotopic (exact) mass is 594 g/mol. The Balaban J connectivity index is 1.09. The van der Waals surface area contributed by atoms with Crippen molar-refractivity contribution >= 4 is 28.5 Å². The quantitative estimate of drug-likeness (QED) is 0.260. The lowest BCUT2D eigenvalue weighted by molar-refractivity contribution is -0.189. The van der Waals surface area contributed by atoms with Crippen LogP contribution < -0.4 is 15.2 Å². The number of hydrogen-bond acceptors (Lipinski definition) is 9. The molecule has 2 aromatic heterocycles. The van der Waals surface area contributed by atoms with E-state index >= 15 is 0 Å². The second-order valence-electron chi connectivity index (χ2n) is 11.5. The minimum absolute atomic E-state index is 0.115. The number of fused-ring (bicyclic) bond motifs is 5. The van der Waals surface area contributed by atoms with E-state index in [0.717, 1.165) is 54.1 Å². The summed E-state index contributed by atoms with van der Waals surface area (Å²) in [6.07, 6.45) is 0.258. The van der Waals surface area contributed by atoms with Crippen LogP contribution in [-0.4, -0.2) is 66.2 Å². The number of hydrogen-bond donors (Lipinski definition) is 0. The number of piperazine rings is 1. The van der Waals surface area contributed by atoms with E-state index in [2.05, 4.69) is 15.9 Å². The van der Waals surface area contributed by atoms with Gasteiger partial charge in [0.05, 0.1) is 42.5 Å². The van der Waals surface area contributed by atoms with Crippen molar-refractivity contribution in [2.24, 2.45) is 0 Å². The third-order valence-corrected chi connectivity index (χ3v) is 9.10. The van der Waals surface area contributed by atoms with Gasteiger partial charge >= 0.3 is 11.9 Å². The van der Waals surface area contributed by atoms with Gasteiger partial charge in [-0.25, -0.2) is 9.78 Å². The van der Waals surface area contributed by atoms with Crippen LogP contribution in [0.2, 0.25) is 0 Å². The van der Waals surface area contributed by atoms with Gasteiger partial charge in [-0.1, -0.05) is 31.2 Å². The summed E-state index contributed by atoms with van der Waals surface area (Å²) in [5.41, 5.74) is 2.97. The number of para-hydroxylation sites is 1. The predicted molar refractivity (Wildman–Crippen MR) is 165 cm³/mol. The fourth-order valence-corrected chi connectivity index (χ4v) is 6.61. The number of rotatable bonds is 7. The van der Waals surface area contributed by atoms with Crippen LogP contribution in [0.5, 0.6) is 5.75 Å². The number of carbonyl (C=O) groups is 2. The third kappa shape index (κ3) is 4.70. The van der Waals surface area contributed by atoms with E-state index < -0.39 is 17.5 Å². The topological polar surface area (TPSA) is 103 Å². The molecule has 0 bridgehead atoms. The second kappa shape index (κ2) is 11.1. The average molecular weight is 595 g/mol. The zero-order chi connectivity index (χ0) is 30.4. The van der Waals surface area contributed by atoms with Crippen LogP contribution in [0, 0.1) is 0 Å². The molecular weight excluding hydrogens is 560 g/mol. The van der Waals surface area contributed by atoms with Crippen molar-refractivity contribution in [3.8, 4) is 17.1 Å². The van der Waals surface area contributed by atoms with Gasteiger partial charge in [-0.2, -0.15) is 0 Å². The Labute approximate surface area is 254 Å². The molecule has 7 rings (SSSR count). The molecule has 44 heavy (non-hydrogen) atoms. The molecule has 1 unspecified atom stereocenters. The zero-order valence-electron chi connectivity index (χ0n) is 24.9. The summed E-state index contributed by atoms with van der Waals surface area (Å²) < 4.78 is 18.5. The first-order chi connectivity index (χ1) is 21.4. The number of anilines is 1. The van der Waals surface area contributed by atoms with Crippen LogP contribution in [-0.2, 0) is 37.8 Å². The first-order valence-electron chi connectivity index (χ1n) is 15.1. The van der Waals surface area contributed by atoms with E-state index in [9.17, 15) is 14.4 Å². The number of methoxy groups -OCH3 is 1. The number of pyridine rings is 2. The molecule has 10 nitrogen and oxygen atoms in total. The SMILES string of the molecule is CCC1(OC(=O)CCN2CCN(c3cccc(OC)c3)CC2)C(=O)OCc2c1cc1n(c2=O)Cc2cc3ccccc3nc2-1. The molecule has 3 aliphatic rings. The summed E-state index contributed by atoms with van der Waals surface area (Å²) in [5.74, 6) is -0.333. The van der Waals surface area contributed by atoms with E-state index in [-0.39, 0.29) is 25.0 Å². The van der Waals surface area contributed by atoms with E-state index in [1.54, 1.807) is 24.7 Å². The van der Waals surface area contributed by atoms with Crippen molar-refractivity contribution in [2.45, 2.75) is 38.5 Å². The van der Waals surface area contributed by atoms with Gasteiger partial charge in [0.2, 0.25) is 5.60 Å². The van der Waals surface area contributed by atoms with Crippen LogP contribution >= 0.6 is 0 Å². The van der Waals surface area contributed by atoms with Gasteiger partial charge in [0, 0.05) is 61.0 Å². The molecule has 0 aliphatic carbocycles. The molecular formula is C34H34N4O6. The Morgan fingerprint density at radius 3 is 2.64 bits per heavy atom. The van der Waals surface area contributed by atoms with Gasteiger partial charge in [0.15, 0.2) is 0 Å². The highest BCUT2D eigenvalue weighted by atomic mass is 16.6. The summed E-state index contributed by atoms with van der Waals surface area (Å²) in [6, 6.07) is 19.7. The largest absolute Gasteiger partial charge is 0.497 e. The van der Waals surface area contributed by atoms with Crippen molar-refractivity contribution in [1.82, 2.24) is 14.5 Å². The van der Waals surface area contributed by atoms with Gasteiger partial charge in [0.25, 0.3) is 5.56 Å². The number of aromatic nitrogens is 2. The lowest BCUT2D eigenvalue weighted by atomic mass is 9.85. The van der Waals surface area contributed by atoms with E-state index in [1.807, 2.05) is 48.5 Å². The van der Waals surface area contributed by atoms with Crippen molar-refractivity contribution in [3.05, 3.63) is 87.7 Å². The highest BCUT2D eigenvalue weighted by molar-refractivity contribution is 5.88. The Kier molecular flexibility index (Phi) is 7.08. The van der Waals surface area contributed by atoms with Gasteiger partial charge in [-0.05, 0) is 36.8 Å². The Hall–Kier alpha value is -4.70. The number of benzene rings is 2. The number of carbonyl (C=O) groups excluding carboxylic acids is 2. The fourth-order valence-electron chi connectivity index (χ4n) is 6.61. The van der Waals surface area contributed by atoms with E-state index in [0.29, 0.717) is 35.6 Å². The highest BCUT2D eigenvalue weighted by Gasteiger charge is 2.50. The summed E-state index contributed by atoms with van der Waals surface area (Å²) in [6.45, 7) is 5.72. The summed E-state index contributed by atoms with van der Waals surface area (Å²) in [5, 5.41) is 0.994. The average Bonchev–Trinajstić information content (AvgIpc) is 3.42. The van der Waals surface area contributed by atoms with Crippen LogP contribution in [0.15, 0.2) is 65.5 Å². The lowest BCUT2D eigenvalue weighted by Crippen LogP contribution is -2.49. The molecule has 1 fully saturated rings. The van der Waals surface area contributed by atoms with Crippen LogP contribution in [0.25, 0.3) is 22.3 Å². The van der Waals surface area contributed by atoms with Crippen molar-refractivity contribution in [1.29, 1.82) is 0 Å². The number of ether oxygens (including phenoxy) is 3. The third-order valence-electron chi connectivity index (χ3n) is 9.10. The molecule has 0 spiro atoms. The van der Waals surface area contributed by atoms with Gasteiger partial charge in [-0.3, -0.25) is 14.5 Å². The fraction of sp³-hybridized carbons (Fsp3) is 0.353. The van der Waals surface area contributed by atoms with E-state index in [4.69, 9.17) is 19.2 Å². The Bertz CT molecular complexity index is 1840. The molecule has 5 heterocycles. The molecule has 226 valence electrons. The minimum Gasteiger partial charge on any atom is -0.497 e. The maximum Gasteiger partial charge on any atom is 0.355 e. The predicted octanol–water partition coefficient (Wildman–Crippen LogP) is 3.85. The summed E-state index contributed by atoms with van der Waals surface area (Å²) in [4.78, 5) is 49.8. The van der Waals surface area contributed by atoms with E-state index in [1.165, 1.54) is 0 Å². The molecule has 1 saturated heterocycles. The van der Waals surface area contributed by atoms with Gasteiger partial charge in [0.1, 0.15) is 12.4 Å². The molecule has 1 atom stereocenters. The molecule has 2 aromatic carbocycles. The standard InChI is InChI=1S/C34H34N4O6/c1-3-34(44-30(39)11-12-36-13-15-37(16-14-36)24-8-6-9-25(18-24)42-2)27-19-29-31-23(17-22-7-4-5-10-28(22)35-31)20-38(29)32(40)26(27)21-43-33(34)41/h4-10,17-19H,3,11-16,20-21H2,1-2H3. The number of cyclic esters (lactones) is 1. The van der Waals surface area contributed by atoms with Crippen LogP contribution in [0.1, 0.15) is 36.5 Å². The lowest BCUT2D eigenvalue weighted by Gasteiger charge is -2.37. The first-order valence-corrected chi connectivity index (χ1v) is 15.1. The van der Waals surface area contributed by atoms with Crippen molar-refractivity contribution < 1.29 is 23.8 Å². The zero-order valence-corrected chi connectivity index (χ0v) is 24.9. The summed E-state index contributed by atoms with van der Waals surface area (Å²) in [7, 11) is 1.66. The highest BCUT2D eigenvalue weighted by Crippen LogP contribution is 2.41. The molecule has 0 amide bonds. The van der Waals surface area contributed by atoms with Crippen molar-refractivity contribution in [3.63, 3.8) is 0 Å². The molecule has 0 N–H and O–H groups in total. The number of nitrogens with zero attached hydrogens (tertiary/aromatic N) is 4. The molecule has 10 heteroatoms. The number of esters is 2. The molecule has 4 aromatic rings. The minimum atomic E-state index is -1.69. The Morgan fingerprint density at radius 1 is 1.02 bits per heavy atom. The Morgan fingerprint density at radius 2 is 1.84 bits per heavy atom. The second-order valence-corrected chi connectivity index (χ2v) is 11.5. The van der Waals surface area contributed by atoms with Crippen molar-refractivity contribution in [2.75, 3.05) is 44.7 Å². The molecule has 0 saturated carbocycles. The van der Waals surface area contributed by atoms with Crippen LogP contribution in [0.3, 0.4) is 0 Å². The normalized spacial score (nSPS) is 19.2. The van der Waals surface area contributed by atoms with Gasteiger partial charge in [-0.15, -0.1) is 0 Å².